The molecule has 1 aromatic rings. The van der Waals surface area contributed by atoms with Gasteiger partial charge in [0.05, 0.1) is 30.5 Å². The summed E-state index contributed by atoms with van der Waals surface area (Å²) in [4.78, 5) is 25.7. The minimum Gasteiger partial charge on any atom is -0.504 e. The predicted molar refractivity (Wildman–Crippen MR) is 187 cm³/mol. The number of carbonyl (C=O) groups excluding carboxylic acids is 2. The minimum absolute atomic E-state index is 0.0356. The molecule has 18 heteroatoms. The van der Waals surface area contributed by atoms with Crippen molar-refractivity contribution in [2.45, 2.75) is 115 Å². The van der Waals surface area contributed by atoms with Crippen LogP contribution in [0.1, 0.15) is 98.4 Å². The zero-order valence-corrected chi connectivity index (χ0v) is 32.4. The molecule has 5 N–H and O–H groups in total. The van der Waals surface area contributed by atoms with Gasteiger partial charge in [-0.3, -0.25) is 0 Å². The fourth-order valence-corrected chi connectivity index (χ4v) is 10.1. The van der Waals surface area contributed by atoms with E-state index in [2.05, 4.69) is 0 Å². The quantitative estimate of drug-likeness (QED) is 0.101. The molecule has 0 aromatic carbocycles. The van der Waals surface area contributed by atoms with Gasteiger partial charge in [0, 0.05) is 29.4 Å². The first kappa shape index (κ1) is 44.2. The number of allylic oxidation sites excluding steroid dienone is 2. The van der Waals surface area contributed by atoms with E-state index in [9.17, 15) is 61.5 Å². The molecule has 11 nitrogen and oxygen atoms in total. The molecule has 5 rings (SSSR count). The third-order valence-corrected chi connectivity index (χ3v) is 13.5. The molecule has 1 aromatic heterocycles. The molecule has 2 aliphatic heterocycles. The Labute approximate surface area is 324 Å². The van der Waals surface area contributed by atoms with Crippen LogP contribution >= 0.6 is 11.3 Å². The third-order valence-electron chi connectivity index (χ3n) is 12.4. The Morgan fingerprint density at radius 2 is 1.18 bits per heavy atom. The highest BCUT2D eigenvalue weighted by Crippen LogP contribution is 2.52. The molecule has 2 saturated carbocycles. The number of alkyl halides is 6. The van der Waals surface area contributed by atoms with E-state index in [4.69, 9.17) is 18.9 Å². The molecule has 4 fully saturated rings. The van der Waals surface area contributed by atoms with Crippen LogP contribution in [0.25, 0.3) is 0 Å². The molecule has 4 aliphatic rings. The second-order valence-electron chi connectivity index (χ2n) is 16.2. The lowest BCUT2D eigenvalue weighted by Crippen LogP contribution is -2.55. The summed E-state index contributed by atoms with van der Waals surface area (Å²) >= 11 is 0.475. The zero-order valence-electron chi connectivity index (χ0n) is 31.5. The second kappa shape index (κ2) is 16.4. The molecule has 2 aliphatic carbocycles. The van der Waals surface area contributed by atoms with Gasteiger partial charge < -0.3 is 44.5 Å². The smallest absolute Gasteiger partial charge is 0.448 e. The van der Waals surface area contributed by atoms with E-state index in [0.717, 1.165) is 12.1 Å². The van der Waals surface area contributed by atoms with E-state index in [0.29, 0.717) is 37.0 Å². The van der Waals surface area contributed by atoms with E-state index in [1.54, 1.807) is 6.92 Å². The maximum atomic E-state index is 14.0. The Kier molecular flexibility index (Phi) is 12.9. The van der Waals surface area contributed by atoms with Crippen LogP contribution in [0.15, 0.2) is 34.8 Å². The van der Waals surface area contributed by atoms with Crippen molar-refractivity contribution in [2.24, 2.45) is 35.5 Å². The molecule has 0 amide bonds. The molecule has 0 spiro atoms. The number of halogens is 6. The first-order valence-corrected chi connectivity index (χ1v) is 19.6. The Bertz CT molecular complexity index is 1670. The Hall–Kier alpha value is -2.90. The molecule has 10 atom stereocenters. The maximum Gasteiger partial charge on any atom is 0.448 e. The summed E-state index contributed by atoms with van der Waals surface area (Å²) in [6.07, 6.45) is -8.67. The summed E-state index contributed by atoms with van der Waals surface area (Å²) < 4.78 is 106. The number of hydrogen-bond donors (Lipinski definition) is 5. The van der Waals surface area contributed by atoms with Crippen molar-refractivity contribution in [3.05, 3.63) is 44.6 Å². The van der Waals surface area contributed by atoms with Gasteiger partial charge in [-0.15, -0.1) is 11.3 Å². The molecule has 316 valence electrons. The van der Waals surface area contributed by atoms with Crippen LogP contribution in [0.4, 0.5) is 26.3 Å². The van der Waals surface area contributed by atoms with E-state index < -0.39 is 107 Å². The van der Waals surface area contributed by atoms with Crippen molar-refractivity contribution in [3.8, 4) is 0 Å². The van der Waals surface area contributed by atoms with Gasteiger partial charge in [-0.25, -0.2) is 9.59 Å². The summed E-state index contributed by atoms with van der Waals surface area (Å²) in [6, 6.07) is 2.19. The van der Waals surface area contributed by atoms with Crippen molar-refractivity contribution in [1.82, 2.24) is 0 Å². The second-order valence-corrected chi connectivity index (χ2v) is 17.3. The first-order chi connectivity index (χ1) is 25.9. The lowest BCUT2D eigenvalue weighted by Gasteiger charge is -2.48. The van der Waals surface area contributed by atoms with Gasteiger partial charge in [0.25, 0.3) is 0 Å². The molecular formula is C38H50F6O11S. The first-order valence-electron chi connectivity index (χ1n) is 18.7. The number of aliphatic hydroxyl groups is 5. The molecular weight excluding hydrogens is 778 g/mol. The lowest BCUT2D eigenvalue weighted by atomic mass is 9.61. The van der Waals surface area contributed by atoms with Gasteiger partial charge in [-0.2, -0.15) is 26.3 Å². The highest BCUT2D eigenvalue weighted by Gasteiger charge is 2.56. The topological polar surface area (TPSA) is 172 Å². The average Bonchev–Trinajstić information content (AvgIpc) is 3.49. The van der Waals surface area contributed by atoms with E-state index >= 15 is 0 Å². The summed E-state index contributed by atoms with van der Waals surface area (Å²) in [6.45, 7) is 3.85. The monoisotopic (exact) mass is 828 g/mol. The third kappa shape index (κ3) is 9.20. The van der Waals surface area contributed by atoms with Crippen LogP contribution in [0, 0.1) is 35.5 Å². The maximum absolute atomic E-state index is 14.0. The van der Waals surface area contributed by atoms with Gasteiger partial charge in [-0.1, -0.05) is 13.8 Å². The zero-order chi connectivity index (χ0) is 41.6. The summed E-state index contributed by atoms with van der Waals surface area (Å²) in [5, 5.41) is 55.1. The Balaban J connectivity index is 1.33. The highest BCUT2D eigenvalue weighted by atomic mass is 32.1. The van der Waals surface area contributed by atoms with Crippen LogP contribution in [-0.2, 0) is 18.9 Å². The number of ether oxygens (including phenoxy) is 4. The van der Waals surface area contributed by atoms with Crippen LogP contribution in [0.2, 0.25) is 0 Å². The van der Waals surface area contributed by atoms with E-state index in [1.807, 2.05) is 13.8 Å². The molecule has 0 radical (unpaired) electrons. The number of aliphatic hydroxyl groups excluding tert-OH is 2. The van der Waals surface area contributed by atoms with E-state index in [1.165, 1.54) is 6.92 Å². The number of thiophene rings is 1. The summed E-state index contributed by atoms with van der Waals surface area (Å²) in [7, 11) is 0. The minimum atomic E-state index is -5.28. The largest absolute Gasteiger partial charge is 0.504 e. The number of esters is 2. The van der Waals surface area contributed by atoms with Crippen molar-refractivity contribution in [1.29, 1.82) is 0 Å². The normalized spacial score (nSPS) is 36.5. The summed E-state index contributed by atoms with van der Waals surface area (Å²) in [5.41, 5.74) is -5.30. The highest BCUT2D eigenvalue weighted by molar-refractivity contribution is 7.15. The number of rotatable bonds is 8. The van der Waals surface area contributed by atoms with Gasteiger partial charge in [0.2, 0.25) is 11.5 Å². The molecule has 56 heavy (non-hydrogen) atoms. The van der Waals surface area contributed by atoms with Gasteiger partial charge in [0.1, 0.15) is 23.0 Å². The average molecular weight is 829 g/mol. The van der Waals surface area contributed by atoms with Crippen LogP contribution in [0.5, 0.6) is 0 Å². The van der Waals surface area contributed by atoms with Crippen molar-refractivity contribution in [2.75, 3.05) is 26.4 Å². The fraction of sp³-hybridized carbons (Fsp3) is 0.737. The Morgan fingerprint density at radius 1 is 0.732 bits per heavy atom. The number of hydrogen-bond acceptors (Lipinski definition) is 12. The van der Waals surface area contributed by atoms with E-state index in [-0.39, 0.29) is 60.0 Å². The standard InChI is InChI=1S/C38H50F6O11S/c1-19-5-8-26(35(50)17-54-21(3)7-10-24(19)35)22(30(45)37(39,40)41)15-52-32(47)28-11-12-29(56-28)33(48)53-16-23(31(46)38(42,43)44)27-9-6-20(2)25-13-14-34(4,49)55-18-36(25,27)51/h11-12,19-21,24-27,45-46,49-51H,5-10,13-18H2,1-4H3/b30-22-,31-23-/t19-,20-,21+,24+,25+,26+,27?,34+,35-,36-/m1/s1. The summed E-state index contributed by atoms with van der Waals surface area (Å²) in [5.74, 6) is -12.1. The SMILES string of the molecule is C[C@@H]1CC[C@@H](/C(COC(=O)c2ccc(C(=O)OC/C(=C(/O)C(F)(F)F)C3CC[C@@H](C)[C@@H]4CC[C@@](C)(O)OC[C@]34O)s2)=C(\O)C(F)(F)F)[C@@]2(O)CO[C@@H](C)CC[C@@H]12. The number of fused-ring (bicyclic) bond motifs is 2. The van der Waals surface area contributed by atoms with Gasteiger partial charge in [0.15, 0.2) is 5.79 Å². The van der Waals surface area contributed by atoms with Crippen molar-refractivity contribution in [3.63, 3.8) is 0 Å². The lowest BCUT2D eigenvalue weighted by molar-refractivity contribution is -0.223. The molecule has 1 unspecified atom stereocenters. The van der Waals surface area contributed by atoms with Crippen LogP contribution < -0.4 is 0 Å². The van der Waals surface area contributed by atoms with Gasteiger partial charge in [-0.05, 0) is 94.6 Å². The molecule has 2 saturated heterocycles. The van der Waals surface area contributed by atoms with Crippen LogP contribution in [0.3, 0.4) is 0 Å². The van der Waals surface area contributed by atoms with Gasteiger partial charge >= 0.3 is 24.3 Å². The molecule has 0 bridgehead atoms. The fourth-order valence-electron chi connectivity index (χ4n) is 9.26. The number of carbonyl (C=O) groups is 2. The van der Waals surface area contributed by atoms with Crippen molar-refractivity contribution >= 4 is 23.3 Å². The van der Waals surface area contributed by atoms with Crippen LogP contribution in [-0.4, -0.2) is 99.3 Å². The molecule has 3 heterocycles. The Morgan fingerprint density at radius 3 is 1.64 bits per heavy atom. The van der Waals surface area contributed by atoms with Crippen molar-refractivity contribution < 1.29 is 80.4 Å². The predicted octanol–water partition coefficient (Wildman–Crippen LogP) is 7.32.